The number of aliphatic hydroxyl groups excluding tert-OH is 3. The minimum atomic E-state index is -2.36. The summed E-state index contributed by atoms with van der Waals surface area (Å²) in [5.74, 6) is -8.90. The quantitative estimate of drug-likeness (QED) is 0.124. The van der Waals surface area contributed by atoms with Crippen LogP contribution in [0, 0.1) is 28.6 Å². The van der Waals surface area contributed by atoms with Crippen LogP contribution in [0.15, 0.2) is 60.7 Å². The van der Waals surface area contributed by atoms with Crippen molar-refractivity contribution in [2.24, 2.45) is 28.6 Å². The lowest BCUT2D eigenvalue weighted by Gasteiger charge is -2.70. The van der Waals surface area contributed by atoms with Gasteiger partial charge in [-0.05, 0) is 51.4 Å². The van der Waals surface area contributed by atoms with Gasteiger partial charge in [-0.25, -0.2) is 14.4 Å². The summed E-state index contributed by atoms with van der Waals surface area (Å²) in [6, 6.07) is 14.3. The highest BCUT2D eigenvalue weighted by Crippen LogP contribution is 2.66. The average molecular weight is 941 g/mol. The summed E-state index contributed by atoms with van der Waals surface area (Å²) in [7, 11) is 1.34. The van der Waals surface area contributed by atoms with E-state index in [0.29, 0.717) is 0 Å². The van der Waals surface area contributed by atoms with E-state index in [-0.39, 0.29) is 24.2 Å². The normalized spacial score (nSPS) is 33.9. The highest BCUT2D eigenvalue weighted by atomic mass is 16.6. The Morgan fingerprint density at radius 1 is 0.925 bits per heavy atom. The molecule has 4 aliphatic rings. The number of hydrogen-bond acceptors (Lipinski definition) is 17. The molecule has 1 amide bonds. The number of aliphatic carboxylic acids is 1. The zero-order chi connectivity index (χ0) is 49.6. The van der Waals surface area contributed by atoms with E-state index in [1.54, 1.807) is 90.1 Å². The van der Waals surface area contributed by atoms with Crippen LogP contribution in [0.3, 0.4) is 0 Å². The molecule has 3 saturated carbocycles. The van der Waals surface area contributed by atoms with Crippen LogP contribution in [0.4, 0.5) is 4.79 Å². The number of ether oxygens (including phenoxy) is 6. The zero-order valence-corrected chi connectivity index (χ0v) is 39.2. The summed E-state index contributed by atoms with van der Waals surface area (Å²) < 4.78 is 36.0. The van der Waals surface area contributed by atoms with Crippen LogP contribution in [0.1, 0.15) is 90.2 Å². The van der Waals surface area contributed by atoms with Crippen molar-refractivity contribution in [3.8, 4) is 0 Å². The standard InChI is InChI=1S/C48H64N2O17/c1-25-29(63-42(59)37(64-33(55)23-50(9)22-32(53)54)35(27-16-12-10-13-17-27)49-43(60)67-44(3,4)5)21-48(61)40(65-41(58)28-18-14-11-15-19-28)38-46(8,39(57)36(56)34(25)45(48,6)7)30(52)20-31-47(38,24-62-31)66-26(2)51/h10-19,25,29-31,34-40,52,56-57,61H,20-24H2,1-9H3,(H,49,60)(H,53,54)/t25?,29-,30-,31+,34-,35-,36+,37+,38-,39+,40-,46+,47-,48+/m0/s1. The van der Waals surface area contributed by atoms with Crippen LogP contribution in [-0.2, 0) is 47.6 Å². The number of benzene rings is 2. The lowest BCUT2D eigenvalue weighted by molar-refractivity contribution is -0.379. The van der Waals surface area contributed by atoms with E-state index in [4.69, 9.17) is 28.4 Å². The van der Waals surface area contributed by atoms with Crippen molar-refractivity contribution in [2.75, 3.05) is 26.7 Å². The molecule has 19 heteroatoms. The van der Waals surface area contributed by atoms with Crippen LogP contribution >= 0.6 is 0 Å². The molecule has 368 valence electrons. The second-order valence-electron chi connectivity index (χ2n) is 20.3. The average Bonchev–Trinajstić information content (AvgIpc) is 3.22. The van der Waals surface area contributed by atoms with Gasteiger partial charge < -0.3 is 59.3 Å². The van der Waals surface area contributed by atoms with Gasteiger partial charge in [0.05, 0.1) is 49.5 Å². The van der Waals surface area contributed by atoms with Crippen molar-refractivity contribution in [1.82, 2.24) is 10.2 Å². The van der Waals surface area contributed by atoms with Gasteiger partial charge in [-0.3, -0.25) is 19.3 Å². The fourth-order valence-electron chi connectivity index (χ4n) is 11.2. The van der Waals surface area contributed by atoms with Gasteiger partial charge in [-0.15, -0.1) is 0 Å². The number of carboxylic acid groups (broad SMARTS) is 1. The SMILES string of the molecule is CC(=O)O[C@@]12CO[C@@H]1C[C@H](O)[C@@]1(C)[C@H](O)[C@H](O)[C@@H]3C(C)[C@@H](OC(=O)[C@H](OC(=O)CN(C)CC(=O)O)[C@@H](NC(=O)OC(C)(C)C)c4ccccc4)C[C@@](O)([C@@H](OC(=O)c4ccccc4)[C@H]21)C3(C)C. The number of alkyl carbamates (subject to hydrolysis) is 1. The smallest absolute Gasteiger partial charge is 0.408 e. The molecule has 14 atom stereocenters. The fraction of sp³-hybridized carbons (Fsp3) is 0.625. The lowest BCUT2D eigenvalue weighted by Crippen LogP contribution is -2.83. The summed E-state index contributed by atoms with van der Waals surface area (Å²) in [6.45, 7) is 10.9. The Labute approximate surface area is 389 Å². The molecule has 2 bridgehead atoms. The van der Waals surface area contributed by atoms with E-state index < -0.39 is 150 Å². The Morgan fingerprint density at radius 3 is 2.09 bits per heavy atom. The van der Waals surface area contributed by atoms with Crippen molar-refractivity contribution in [3.05, 3.63) is 71.8 Å². The zero-order valence-electron chi connectivity index (χ0n) is 39.2. The number of hydrogen-bond donors (Lipinski definition) is 6. The van der Waals surface area contributed by atoms with Crippen LogP contribution in [0.25, 0.3) is 0 Å². The summed E-state index contributed by atoms with van der Waals surface area (Å²) in [4.78, 5) is 82.0. The maximum Gasteiger partial charge on any atom is 0.408 e. The first-order valence-corrected chi connectivity index (χ1v) is 22.4. The number of aliphatic hydroxyl groups is 4. The Hall–Kier alpha value is -5.18. The third kappa shape index (κ3) is 9.76. The molecule has 3 aliphatic carbocycles. The second-order valence-corrected chi connectivity index (χ2v) is 20.3. The van der Waals surface area contributed by atoms with Gasteiger partial charge in [-0.1, -0.05) is 76.2 Å². The molecule has 0 aromatic heterocycles. The van der Waals surface area contributed by atoms with E-state index in [9.17, 15) is 54.3 Å². The number of nitrogens with zero attached hydrogens (tertiary/aromatic N) is 1. The first kappa shape index (κ1) is 51.2. The largest absolute Gasteiger partial charge is 0.480 e. The van der Waals surface area contributed by atoms with E-state index in [2.05, 4.69) is 5.32 Å². The molecule has 0 spiro atoms. The summed E-state index contributed by atoms with van der Waals surface area (Å²) in [5.41, 5.74) is -8.17. The molecule has 1 aliphatic heterocycles. The summed E-state index contributed by atoms with van der Waals surface area (Å²) in [6.07, 6.45) is -13.0. The number of amides is 1. The molecule has 1 saturated heterocycles. The topological polar surface area (TPSA) is 274 Å². The number of esters is 4. The van der Waals surface area contributed by atoms with Crippen molar-refractivity contribution >= 4 is 35.9 Å². The van der Waals surface area contributed by atoms with Gasteiger partial charge in [0.1, 0.15) is 35.6 Å². The summed E-state index contributed by atoms with van der Waals surface area (Å²) >= 11 is 0. The molecule has 2 aromatic carbocycles. The van der Waals surface area contributed by atoms with E-state index in [1.807, 2.05) is 0 Å². The van der Waals surface area contributed by atoms with E-state index in [1.165, 1.54) is 26.1 Å². The predicted molar refractivity (Wildman–Crippen MR) is 234 cm³/mol. The highest BCUT2D eigenvalue weighted by Gasteiger charge is 2.79. The number of fused-ring (bicyclic) bond motifs is 5. The molecule has 4 fully saturated rings. The maximum absolute atomic E-state index is 15.0. The molecule has 67 heavy (non-hydrogen) atoms. The number of nitrogens with one attached hydrogen (secondary N) is 1. The summed E-state index contributed by atoms with van der Waals surface area (Å²) in [5, 5.41) is 62.8. The third-order valence-electron chi connectivity index (χ3n) is 14.4. The Kier molecular flexibility index (Phi) is 14.6. The molecular formula is C48H64N2O17. The number of likely N-dealkylation sites (N-methyl/N-ethyl adjacent to an activating group) is 1. The van der Waals surface area contributed by atoms with Crippen LogP contribution < -0.4 is 5.32 Å². The highest BCUT2D eigenvalue weighted by molar-refractivity contribution is 5.89. The minimum absolute atomic E-state index is 0.0689. The Balaban J connectivity index is 1.49. The number of carboxylic acids is 1. The minimum Gasteiger partial charge on any atom is -0.480 e. The second kappa shape index (κ2) is 19.1. The first-order valence-electron chi connectivity index (χ1n) is 22.4. The number of rotatable bonds is 13. The van der Waals surface area contributed by atoms with E-state index in [0.717, 1.165) is 11.8 Å². The molecule has 1 heterocycles. The number of carbonyl (C=O) groups excluding carboxylic acids is 5. The fourth-order valence-corrected chi connectivity index (χ4v) is 11.2. The predicted octanol–water partition coefficient (Wildman–Crippen LogP) is 2.55. The van der Waals surface area contributed by atoms with Gasteiger partial charge in [0.25, 0.3) is 0 Å². The lowest BCUT2D eigenvalue weighted by atomic mass is 9.42. The van der Waals surface area contributed by atoms with Crippen molar-refractivity contribution in [2.45, 2.75) is 134 Å². The molecule has 1 unspecified atom stereocenters. The van der Waals surface area contributed by atoms with Crippen molar-refractivity contribution in [3.63, 3.8) is 0 Å². The van der Waals surface area contributed by atoms with Gasteiger partial charge in [-0.2, -0.15) is 0 Å². The molecule has 2 aromatic rings. The van der Waals surface area contributed by atoms with Crippen LogP contribution in [-0.4, -0.2) is 153 Å². The van der Waals surface area contributed by atoms with Gasteiger partial charge in [0, 0.05) is 36.5 Å². The molecule has 19 nitrogen and oxygen atoms in total. The first-order chi connectivity index (χ1) is 31.2. The van der Waals surface area contributed by atoms with Gasteiger partial charge >= 0.3 is 35.9 Å². The Bertz CT molecular complexity index is 2170. The Morgan fingerprint density at radius 2 is 1.54 bits per heavy atom. The van der Waals surface area contributed by atoms with Crippen molar-refractivity contribution in [1.29, 1.82) is 0 Å². The molecule has 6 N–H and O–H groups in total. The molecule has 0 radical (unpaired) electrons. The number of carbonyl (C=O) groups is 6. The van der Waals surface area contributed by atoms with Crippen molar-refractivity contribution < 1.29 is 82.7 Å². The molecular weight excluding hydrogens is 877 g/mol. The van der Waals surface area contributed by atoms with Gasteiger partial charge in [0.15, 0.2) is 5.60 Å². The van der Waals surface area contributed by atoms with E-state index >= 15 is 0 Å². The maximum atomic E-state index is 15.0. The third-order valence-corrected chi connectivity index (χ3v) is 14.4. The monoisotopic (exact) mass is 940 g/mol. The van der Waals surface area contributed by atoms with Crippen LogP contribution in [0.5, 0.6) is 0 Å². The van der Waals surface area contributed by atoms with Crippen LogP contribution in [0.2, 0.25) is 0 Å². The van der Waals surface area contributed by atoms with Gasteiger partial charge in [0.2, 0.25) is 6.10 Å². The molecule has 6 rings (SSSR count).